The van der Waals surface area contributed by atoms with E-state index in [1.807, 2.05) is 42.5 Å². The minimum atomic E-state index is -0.263. The largest absolute Gasteiger partial charge is 0.493 e. The van der Waals surface area contributed by atoms with Gasteiger partial charge in [0.2, 0.25) is 0 Å². The maximum atomic E-state index is 13.1. The monoisotopic (exact) mass is 413 g/mol. The van der Waals surface area contributed by atoms with E-state index < -0.39 is 0 Å². The fourth-order valence-electron chi connectivity index (χ4n) is 3.09. The fourth-order valence-corrected chi connectivity index (χ4v) is 3.09. The SMILES string of the molecule is CCCCOc1cccc(OCCCC)c1C(=O)NCC1COc2ccccc2O1. The van der Waals surface area contributed by atoms with Crippen molar-refractivity contribution in [2.45, 2.75) is 45.6 Å². The van der Waals surface area contributed by atoms with Crippen molar-refractivity contribution in [2.75, 3.05) is 26.4 Å². The van der Waals surface area contributed by atoms with Crippen LogP contribution < -0.4 is 24.3 Å². The summed E-state index contributed by atoms with van der Waals surface area (Å²) in [7, 11) is 0. The Morgan fingerprint density at radius 1 is 0.967 bits per heavy atom. The first kappa shape index (κ1) is 21.8. The van der Waals surface area contributed by atoms with Crippen molar-refractivity contribution in [1.29, 1.82) is 0 Å². The first-order valence-corrected chi connectivity index (χ1v) is 10.8. The molecule has 1 atom stereocenters. The van der Waals surface area contributed by atoms with E-state index >= 15 is 0 Å². The van der Waals surface area contributed by atoms with Gasteiger partial charge in [0.05, 0.1) is 19.8 Å². The van der Waals surface area contributed by atoms with Crippen LogP contribution in [0.25, 0.3) is 0 Å². The number of rotatable bonds is 11. The van der Waals surface area contributed by atoms with Crippen molar-refractivity contribution in [3.63, 3.8) is 0 Å². The number of fused-ring (bicyclic) bond motifs is 1. The highest BCUT2D eigenvalue weighted by Gasteiger charge is 2.24. The Kier molecular flexibility index (Phi) is 8.24. The summed E-state index contributed by atoms with van der Waals surface area (Å²) in [6, 6.07) is 13.0. The van der Waals surface area contributed by atoms with Crippen LogP contribution >= 0.6 is 0 Å². The maximum absolute atomic E-state index is 13.1. The van der Waals surface area contributed by atoms with Gasteiger partial charge in [0, 0.05) is 0 Å². The number of carbonyl (C=O) groups excluding carboxylic acids is 1. The smallest absolute Gasteiger partial charge is 0.258 e. The first-order chi connectivity index (χ1) is 14.7. The van der Waals surface area contributed by atoms with Gasteiger partial charge in [-0.1, -0.05) is 44.9 Å². The number of hydrogen-bond donors (Lipinski definition) is 1. The third kappa shape index (κ3) is 5.81. The second kappa shape index (κ2) is 11.3. The van der Waals surface area contributed by atoms with Crippen molar-refractivity contribution >= 4 is 5.91 Å². The lowest BCUT2D eigenvalue weighted by Gasteiger charge is -2.26. The summed E-state index contributed by atoms with van der Waals surface area (Å²) in [5, 5.41) is 2.96. The lowest BCUT2D eigenvalue weighted by atomic mass is 10.1. The number of para-hydroxylation sites is 2. The lowest BCUT2D eigenvalue weighted by molar-refractivity contribution is 0.0784. The van der Waals surface area contributed by atoms with E-state index in [1.165, 1.54) is 0 Å². The average molecular weight is 414 g/mol. The summed E-state index contributed by atoms with van der Waals surface area (Å²) in [6.45, 7) is 6.03. The molecule has 2 aromatic carbocycles. The molecular weight excluding hydrogens is 382 g/mol. The molecule has 6 nitrogen and oxygen atoms in total. The second-order valence-corrected chi connectivity index (χ2v) is 7.24. The average Bonchev–Trinajstić information content (AvgIpc) is 2.78. The highest BCUT2D eigenvalue weighted by atomic mass is 16.6. The number of unbranched alkanes of at least 4 members (excludes halogenated alkanes) is 2. The van der Waals surface area contributed by atoms with Crippen LogP contribution in [0, 0.1) is 0 Å². The third-order valence-electron chi connectivity index (χ3n) is 4.78. The van der Waals surface area contributed by atoms with Crippen LogP contribution in [0.1, 0.15) is 49.9 Å². The summed E-state index contributed by atoms with van der Waals surface area (Å²) < 4.78 is 23.4. The summed E-state index contributed by atoms with van der Waals surface area (Å²) in [5.41, 5.74) is 0.432. The molecule has 1 amide bonds. The third-order valence-corrected chi connectivity index (χ3v) is 4.78. The zero-order chi connectivity index (χ0) is 21.2. The minimum absolute atomic E-state index is 0.240. The topological polar surface area (TPSA) is 66.0 Å². The van der Waals surface area contributed by atoms with E-state index in [-0.39, 0.29) is 12.0 Å². The molecule has 6 heteroatoms. The fraction of sp³-hybridized carbons (Fsp3) is 0.458. The predicted octanol–water partition coefficient (Wildman–Crippen LogP) is 4.61. The number of nitrogens with one attached hydrogen (secondary N) is 1. The molecule has 2 aromatic rings. The number of ether oxygens (including phenoxy) is 4. The second-order valence-electron chi connectivity index (χ2n) is 7.24. The van der Waals surface area contributed by atoms with Gasteiger partial charge in [0.1, 0.15) is 29.8 Å². The first-order valence-electron chi connectivity index (χ1n) is 10.8. The number of hydrogen-bond acceptors (Lipinski definition) is 5. The van der Waals surface area contributed by atoms with E-state index in [2.05, 4.69) is 19.2 Å². The summed E-state index contributed by atoms with van der Waals surface area (Å²) in [6.07, 6.45) is 3.63. The Morgan fingerprint density at radius 3 is 2.23 bits per heavy atom. The molecule has 1 aliphatic rings. The van der Waals surface area contributed by atoms with E-state index in [1.54, 1.807) is 0 Å². The van der Waals surface area contributed by atoms with Crippen LogP contribution in [0.5, 0.6) is 23.0 Å². The summed E-state index contributed by atoms with van der Waals surface area (Å²) in [4.78, 5) is 13.1. The van der Waals surface area contributed by atoms with Crippen molar-refractivity contribution in [2.24, 2.45) is 0 Å². The lowest BCUT2D eigenvalue weighted by Crippen LogP contribution is -2.40. The molecule has 0 aromatic heterocycles. The molecule has 0 aliphatic carbocycles. The molecule has 0 fully saturated rings. The van der Waals surface area contributed by atoms with E-state index in [0.29, 0.717) is 49.2 Å². The van der Waals surface area contributed by atoms with E-state index in [9.17, 15) is 4.79 Å². The van der Waals surface area contributed by atoms with Crippen LogP contribution in [0.2, 0.25) is 0 Å². The van der Waals surface area contributed by atoms with Crippen molar-refractivity contribution in [1.82, 2.24) is 5.32 Å². The van der Waals surface area contributed by atoms with Crippen molar-refractivity contribution in [3.8, 4) is 23.0 Å². The summed E-state index contributed by atoms with van der Waals surface area (Å²) in [5.74, 6) is 2.26. The highest BCUT2D eigenvalue weighted by Crippen LogP contribution is 2.31. The van der Waals surface area contributed by atoms with Gasteiger partial charge < -0.3 is 24.3 Å². The van der Waals surface area contributed by atoms with Gasteiger partial charge in [-0.05, 0) is 37.1 Å². The Balaban J connectivity index is 1.67. The van der Waals surface area contributed by atoms with Crippen LogP contribution in [0.4, 0.5) is 0 Å². The molecule has 1 unspecified atom stereocenters. The van der Waals surface area contributed by atoms with Gasteiger partial charge in [0.15, 0.2) is 11.5 Å². The van der Waals surface area contributed by atoms with Crippen molar-refractivity contribution < 1.29 is 23.7 Å². The molecule has 0 spiro atoms. The number of benzene rings is 2. The number of amides is 1. The van der Waals surface area contributed by atoms with Crippen LogP contribution in [-0.4, -0.2) is 38.4 Å². The Hall–Kier alpha value is -2.89. The number of carbonyl (C=O) groups is 1. The predicted molar refractivity (Wildman–Crippen MR) is 116 cm³/mol. The quantitative estimate of drug-likeness (QED) is 0.545. The molecule has 0 saturated heterocycles. The Labute approximate surface area is 178 Å². The van der Waals surface area contributed by atoms with Gasteiger partial charge >= 0.3 is 0 Å². The Morgan fingerprint density at radius 2 is 1.60 bits per heavy atom. The van der Waals surface area contributed by atoms with E-state index in [4.69, 9.17) is 18.9 Å². The molecule has 1 heterocycles. The Bertz CT molecular complexity index is 795. The molecule has 1 N–H and O–H groups in total. The van der Waals surface area contributed by atoms with Crippen LogP contribution in [0.15, 0.2) is 42.5 Å². The van der Waals surface area contributed by atoms with Gasteiger partial charge in [-0.25, -0.2) is 0 Å². The normalized spacial score (nSPS) is 14.8. The summed E-state index contributed by atoms with van der Waals surface area (Å²) >= 11 is 0. The molecule has 162 valence electrons. The molecule has 30 heavy (non-hydrogen) atoms. The van der Waals surface area contributed by atoms with E-state index in [0.717, 1.165) is 31.4 Å². The standard InChI is InChI=1S/C24H31NO5/c1-3-5-14-27-21-12-9-13-22(28-15-6-4-2)23(21)24(26)25-16-18-17-29-19-10-7-8-11-20(19)30-18/h7-13,18H,3-6,14-17H2,1-2H3,(H,25,26). The van der Waals surface area contributed by atoms with Gasteiger partial charge in [-0.3, -0.25) is 4.79 Å². The molecule has 3 rings (SSSR count). The van der Waals surface area contributed by atoms with Crippen LogP contribution in [0.3, 0.4) is 0 Å². The highest BCUT2D eigenvalue weighted by molar-refractivity contribution is 5.99. The molecule has 0 radical (unpaired) electrons. The molecule has 0 saturated carbocycles. The zero-order valence-electron chi connectivity index (χ0n) is 17.8. The molecule has 0 bridgehead atoms. The minimum Gasteiger partial charge on any atom is -0.493 e. The van der Waals surface area contributed by atoms with Crippen LogP contribution in [-0.2, 0) is 0 Å². The van der Waals surface area contributed by atoms with Crippen molar-refractivity contribution in [3.05, 3.63) is 48.0 Å². The maximum Gasteiger partial charge on any atom is 0.258 e. The van der Waals surface area contributed by atoms with Gasteiger partial charge in [-0.2, -0.15) is 0 Å². The molecular formula is C24H31NO5. The molecule has 1 aliphatic heterocycles. The van der Waals surface area contributed by atoms with Gasteiger partial charge in [0.25, 0.3) is 5.91 Å². The van der Waals surface area contributed by atoms with Gasteiger partial charge in [-0.15, -0.1) is 0 Å². The zero-order valence-corrected chi connectivity index (χ0v) is 17.8.